The number of imidazole rings is 1. The van der Waals surface area contributed by atoms with E-state index in [2.05, 4.69) is 52.4 Å². The summed E-state index contributed by atoms with van der Waals surface area (Å²) in [6.07, 6.45) is 4.29. The highest BCUT2D eigenvalue weighted by Gasteiger charge is 2.21. The number of aromatic nitrogens is 3. The first-order valence-corrected chi connectivity index (χ1v) is 12.1. The standard InChI is InChI=1S/C31H18N4O2/c36-31-33-30-23(29-32-24-9-3-6-12-27(24)35(29)31)17-21-15-16-22(18-28(21)37-30)34-25-10-4-1-7-19(25)13-14-20-8-2-5-11-26(20)34/h1-18H. The number of hydrogen-bond donors (Lipinski definition) is 0. The van der Waals surface area contributed by atoms with E-state index >= 15 is 0 Å². The molecule has 1 aliphatic heterocycles. The topological polar surface area (TPSA) is 63.6 Å². The van der Waals surface area contributed by atoms with E-state index in [-0.39, 0.29) is 5.71 Å². The van der Waals surface area contributed by atoms with Gasteiger partial charge in [-0.25, -0.2) is 14.2 Å². The van der Waals surface area contributed by atoms with Gasteiger partial charge in [0.2, 0.25) is 5.71 Å². The highest BCUT2D eigenvalue weighted by Crippen LogP contribution is 2.42. The van der Waals surface area contributed by atoms with Gasteiger partial charge in [-0.05, 0) is 53.6 Å². The fourth-order valence-corrected chi connectivity index (χ4v) is 5.28. The predicted octanol–water partition coefficient (Wildman–Crippen LogP) is 7.10. The average Bonchev–Trinajstić information content (AvgIpc) is 3.24. The maximum absolute atomic E-state index is 13.0. The molecule has 37 heavy (non-hydrogen) atoms. The van der Waals surface area contributed by atoms with Gasteiger partial charge in [-0.1, -0.05) is 60.7 Å². The first kappa shape index (κ1) is 20.0. The van der Waals surface area contributed by atoms with E-state index in [0.717, 1.165) is 44.6 Å². The lowest BCUT2D eigenvalue weighted by molar-refractivity contribution is 0.641. The van der Waals surface area contributed by atoms with Crippen LogP contribution in [0.2, 0.25) is 0 Å². The van der Waals surface area contributed by atoms with Crippen molar-refractivity contribution in [3.63, 3.8) is 0 Å². The van der Waals surface area contributed by atoms with E-state index in [0.29, 0.717) is 16.6 Å². The summed E-state index contributed by atoms with van der Waals surface area (Å²) in [5, 5.41) is 1.60. The Kier molecular flexibility index (Phi) is 3.99. The molecule has 0 spiro atoms. The van der Waals surface area contributed by atoms with Crippen LogP contribution < -0.4 is 10.6 Å². The van der Waals surface area contributed by atoms with Crippen LogP contribution in [0, 0.1) is 0 Å². The second-order valence-corrected chi connectivity index (χ2v) is 9.13. The van der Waals surface area contributed by atoms with Gasteiger partial charge in [0.1, 0.15) is 5.58 Å². The Morgan fingerprint density at radius 2 is 1.41 bits per heavy atom. The maximum atomic E-state index is 13.0. The molecule has 0 atom stereocenters. The number of anilines is 3. The fraction of sp³-hybridized carbons (Fsp3) is 0. The molecule has 174 valence electrons. The molecule has 3 aromatic heterocycles. The highest BCUT2D eigenvalue weighted by molar-refractivity contribution is 6.00. The van der Waals surface area contributed by atoms with Crippen LogP contribution in [0.5, 0.6) is 0 Å². The molecular weight excluding hydrogens is 460 g/mol. The molecule has 8 rings (SSSR count). The molecular formula is C31H18N4O2. The molecule has 0 fully saturated rings. The number of hydrogen-bond acceptors (Lipinski definition) is 5. The fourth-order valence-electron chi connectivity index (χ4n) is 5.28. The highest BCUT2D eigenvalue weighted by atomic mass is 16.3. The molecule has 0 saturated heterocycles. The van der Waals surface area contributed by atoms with Gasteiger partial charge in [0.15, 0.2) is 5.65 Å². The summed E-state index contributed by atoms with van der Waals surface area (Å²) in [5.41, 5.74) is 7.90. The van der Waals surface area contributed by atoms with Crippen molar-refractivity contribution in [1.82, 2.24) is 14.4 Å². The van der Waals surface area contributed by atoms with E-state index in [1.54, 1.807) is 4.40 Å². The largest absolute Gasteiger partial charge is 0.437 e. The van der Waals surface area contributed by atoms with Crippen molar-refractivity contribution < 1.29 is 4.42 Å². The Morgan fingerprint density at radius 1 is 0.703 bits per heavy atom. The minimum absolute atomic E-state index is 0.274. The Labute approximate surface area is 210 Å². The molecule has 0 N–H and O–H groups in total. The summed E-state index contributed by atoms with van der Waals surface area (Å²) in [4.78, 5) is 24.2. The van der Waals surface area contributed by atoms with Crippen molar-refractivity contribution in [2.24, 2.45) is 0 Å². The quantitative estimate of drug-likeness (QED) is 0.236. The molecule has 4 aromatic carbocycles. The third-order valence-corrected chi connectivity index (χ3v) is 6.98. The van der Waals surface area contributed by atoms with Crippen LogP contribution in [-0.2, 0) is 0 Å². The SMILES string of the molecule is O=c1nc2oc3cc(N4c5ccccc5C=Cc5ccccc54)ccc3cc2c2nc3ccccc3n12. The molecule has 0 unspecified atom stereocenters. The molecule has 0 aliphatic carbocycles. The van der Waals surface area contributed by atoms with E-state index < -0.39 is 5.69 Å². The average molecular weight is 479 g/mol. The van der Waals surface area contributed by atoms with Crippen molar-refractivity contribution >= 4 is 68.0 Å². The van der Waals surface area contributed by atoms with Gasteiger partial charge in [-0.2, -0.15) is 4.98 Å². The Bertz CT molecular complexity index is 2090. The third kappa shape index (κ3) is 2.90. The number of benzene rings is 4. The summed E-state index contributed by atoms with van der Waals surface area (Å²) >= 11 is 0. The van der Waals surface area contributed by atoms with Crippen LogP contribution >= 0.6 is 0 Å². The van der Waals surface area contributed by atoms with Crippen LogP contribution in [0.4, 0.5) is 17.1 Å². The molecule has 0 amide bonds. The Morgan fingerprint density at radius 3 is 2.19 bits per heavy atom. The van der Waals surface area contributed by atoms with Gasteiger partial charge in [0, 0.05) is 17.1 Å². The van der Waals surface area contributed by atoms with Gasteiger partial charge in [0.25, 0.3) is 0 Å². The maximum Gasteiger partial charge on any atom is 0.357 e. The number of para-hydroxylation sites is 4. The van der Waals surface area contributed by atoms with Crippen molar-refractivity contribution in [1.29, 1.82) is 0 Å². The molecule has 1 aliphatic rings. The zero-order valence-electron chi connectivity index (χ0n) is 19.5. The Balaban J connectivity index is 1.38. The van der Waals surface area contributed by atoms with Crippen LogP contribution in [0.25, 0.3) is 50.9 Å². The lowest BCUT2D eigenvalue weighted by atomic mass is 10.1. The van der Waals surface area contributed by atoms with Crippen molar-refractivity contribution in [3.05, 3.63) is 119 Å². The Hall–Kier alpha value is -5.23. The monoisotopic (exact) mass is 478 g/mol. The minimum Gasteiger partial charge on any atom is -0.437 e. The summed E-state index contributed by atoms with van der Waals surface area (Å²) in [5.74, 6) is 0. The number of fused-ring (bicyclic) bond motifs is 8. The molecule has 6 nitrogen and oxygen atoms in total. The normalized spacial score (nSPS) is 12.8. The number of nitrogens with zero attached hydrogens (tertiary/aromatic N) is 4. The van der Waals surface area contributed by atoms with Gasteiger partial charge in [0.05, 0.1) is 27.8 Å². The second-order valence-electron chi connectivity index (χ2n) is 9.13. The molecule has 7 aromatic rings. The summed E-state index contributed by atoms with van der Waals surface area (Å²) in [7, 11) is 0. The van der Waals surface area contributed by atoms with Gasteiger partial charge < -0.3 is 9.32 Å². The summed E-state index contributed by atoms with van der Waals surface area (Å²) in [6, 6.07) is 32.4. The van der Waals surface area contributed by atoms with E-state index in [1.165, 1.54) is 0 Å². The molecule has 0 saturated carbocycles. The van der Waals surface area contributed by atoms with Gasteiger partial charge in [-0.3, -0.25) is 0 Å². The minimum atomic E-state index is -0.406. The molecule has 0 bridgehead atoms. The zero-order chi connectivity index (χ0) is 24.5. The van der Waals surface area contributed by atoms with E-state index in [4.69, 9.17) is 9.40 Å². The molecule has 4 heterocycles. The molecule has 6 heteroatoms. The van der Waals surface area contributed by atoms with E-state index in [9.17, 15) is 4.79 Å². The summed E-state index contributed by atoms with van der Waals surface area (Å²) < 4.78 is 7.81. The van der Waals surface area contributed by atoms with Gasteiger partial charge in [-0.15, -0.1) is 0 Å². The van der Waals surface area contributed by atoms with Crippen molar-refractivity contribution in [3.8, 4) is 0 Å². The molecule has 0 radical (unpaired) electrons. The van der Waals surface area contributed by atoms with Crippen LogP contribution in [-0.4, -0.2) is 14.4 Å². The smallest absolute Gasteiger partial charge is 0.357 e. The van der Waals surface area contributed by atoms with Crippen LogP contribution in [0.15, 0.2) is 106 Å². The first-order chi connectivity index (χ1) is 18.2. The zero-order valence-corrected chi connectivity index (χ0v) is 19.5. The first-order valence-electron chi connectivity index (χ1n) is 12.1. The van der Waals surface area contributed by atoms with Crippen molar-refractivity contribution in [2.75, 3.05) is 4.90 Å². The van der Waals surface area contributed by atoms with Gasteiger partial charge >= 0.3 is 5.69 Å². The predicted molar refractivity (Wildman–Crippen MR) is 148 cm³/mol. The number of rotatable bonds is 1. The second kappa shape index (κ2) is 7.38. The van der Waals surface area contributed by atoms with Crippen molar-refractivity contribution in [2.45, 2.75) is 0 Å². The van der Waals surface area contributed by atoms with Crippen LogP contribution in [0.1, 0.15) is 11.1 Å². The third-order valence-electron chi connectivity index (χ3n) is 6.98. The lowest BCUT2D eigenvalue weighted by Gasteiger charge is -2.27. The van der Waals surface area contributed by atoms with Crippen LogP contribution in [0.3, 0.4) is 0 Å². The lowest BCUT2D eigenvalue weighted by Crippen LogP contribution is -2.16. The summed E-state index contributed by atoms with van der Waals surface area (Å²) in [6.45, 7) is 0. The van der Waals surface area contributed by atoms with E-state index in [1.807, 2.05) is 66.7 Å².